The summed E-state index contributed by atoms with van der Waals surface area (Å²) in [5, 5.41) is 10.6. The number of carbonyl (C=O) groups is 4. The van der Waals surface area contributed by atoms with Crippen molar-refractivity contribution in [1.82, 2.24) is 0 Å². The summed E-state index contributed by atoms with van der Waals surface area (Å²) in [6.07, 6.45) is 55.7. The van der Waals surface area contributed by atoms with Gasteiger partial charge in [-0.25, -0.2) is 9.13 Å². The maximum Gasteiger partial charge on any atom is 0.472 e. The van der Waals surface area contributed by atoms with E-state index < -0.39 is 97.5 Å². The van der Waals surface area contributed by atoms with E-state index in [1.165, 1.54) is 205 Å². The standard InChI is InChI=1S/C80H156O17P2/c1-70(2)56-48-40-32-26-20-14-11-9-10-12-16-23-29-35-44-52-60-77(82)90-66-75(96-79(84)63-55-47-37-31-25-19-18-22-28-34-42-50-58-72(5)6)68-94-98(86,87)92-64-74(81)65-93-99(88,89)95-69-76(67-91-78(83)61-53-45-39-38-43-51-59-73(7)8)97-80(85)62-54-46-36-30-24-17-13-15-21-27-33-41-49-57-71(3)4/h70-76,81H,9-69H2,1-8H3,(H,86,87)(H,88,89)/t74-,75-,76-/m1/s1. The molecule has 0 fully saturated rings. The van der Waals surface area contributed by atoms with Gasteiger partial charge in [-0.15, -0.1) is 0 Å². The highest BCUT2D eigenvalue weighted by molar-refractivity contribution is 7.47. The lowest BCUT2D eigenvalue weighted by Gasteiger charge is -2.21. The van der Waals surface area contributed by atoms with Crippen molar-refractivity contribution >= 4 is 39.5 Å². The molecular formula is C80H156O17P2. The molecule has 0 heterocycles. The number of ether oxygens (including phenoxy) is 4. The van der Waals surface area contributed by atoms with Gasteiger partial charge in [0.05, 0.1) is 26.4 Å². The second-order valence-corrected chi connectivity index (χ2v) is 33.6. The van der Waals surface area contributed by atoms with Crippen molar-refractivity contribution in [3.8, 4) is 0 Å². The molecule has 0 radical (unpaired) electrons. The average Bonchev–Trinajstić information content (AvgIpc) is 0.985. The Morgan fingerprint density at radius 3 is 0.626 bits per heavy atom. The van der Waals surface area contributed by atoms with E-state index >= 15 is 0 Å². The number of hydrogen-bond donors (Lipinski definition) is 3. The first-order valence-electron chi connectivity index (χ1n) is 41.2. The molecule has 0 aromatic rings. The van der Waals surface area contributed by atoms with Crippen molar-refractivity contribution in [2.75, 3.05) is 39.6 Å². The Morgan fingerprint density at radius 2 is 0.424 bits per heavy atom. The Kier molecular flexibility index (Phi) is 67.8. The zero-order valence-electron chi connectivity index (χ0n) is 65.1. The molecule has 99 heavy (non-hydrogen) atoms. The first kappa shape index (κ1) is 97.1. The molecule has 3 N–H and O–H groups in total. The molecule has 5 atom stereocenters. The van der Waals surface area contributed by atoms with Gasteiger partial charge in [0.2, 0.25) is 0 Å². The number of unbranched alkanes of at least 4 members (excludes halogenated alkanes) is 43. The summed E-state index contributed by atoms with van der Waals surface area (Å²) >= 11 is 0. The van der Waals surface area contributed by atoms with Gasteiger partial charge in [0, 0.05) is 25.7 Å². The van der Waals surface area contributed by atoms with Gasteiger partial charge in [-0.3, -0.25) is 37.3 Å². The number of aliphatic hydroxyl groups is 1. The average molecular weight is 1450 g/mol. The lowest BCUT2D eigenvalue weighted by atomic mass is 10.0. The molecule has 19 heteroatoms. The van der Waals surface area contributed by atoms with E-state index in [4.69, 9.17) is 37.0 Å². The Bertz CT molecular complexity index is 1940. The van der Waals surface area contributed by atoms with Crippen LogP contribution in [0.2, 0.25) is 0 Å². The lowest BCUT2D eigenvalue weighted by molar-refractivity contribution is -0.161. The topological polar surface area (TPSA) is 237 Å². The molecule has 2 unspecified atom stereocenters. The Labute approximate surface area is 607 Å². The zero-order chi connectivity index (χ0) is 73.1. The fourth-order valence-electron chi connectivity index (χ4n) is 12.3. The smallest absolute Gasteiger partial charge is 0.462 e. The third kappa shape index (κ3) is 74.1. The van der Waals surface area contributed by atoms with E-state index in [1.807, 2.05) is 0 Å². The molecule has 0 rings (SSSR count). The van der Waals surface area contributed by atoms with E-state index in [0.717, 1.165) is 114 Å². The van der Waals surface area contributed by atoms with Crippen LogP contribution in [0.25, 0.3) is 0 Å². The molecule has 0 aromatic carbocycles. The number of hydrogen-bond acceptors (Lipinski definition) is 15. The van der Waals surface area contributed by atoms with Crippen LogP contribution in [0.1, 0.15) is 409 Å². The molecule has 0 saturated carbocycles. The molecule has 0 aliphatic rings. The molecule has 0 aliphatic heterocycles. The largest absolute Gasteiger partial charge is 0.472 e. The minimum Gasteiger partial charge on any atom is -0.462 e. The summed E-state index contributed by atoms with van der Waals surface area (Å²) in [5.74, 6) is 0.938. The predicted octanol–water partition coefficient (Wildman–Crippen LogP) is 23.6. The monoisotopic (exact) mass is 1450 g/mol. The van der Waals surface area contributed by atoms with Crippen molar-refractivity contribution in [1.29, 1.82) is 0 Å². The van der Waals surface area contributed by atoms with E-state index in [1.54, 1.807) is 0 Å². The van der Waals surface area contributed by atoms with Crippen LogP contribution in [0.3, 0.4) is 0 Å². The van der Waals surface area contributed by atoms with Crippen LogP contribution >= 0.6 is 15.6 Å². The minimum absolute atomic E-state index is 0.106. The molecule has 0 saturated heterocycles. The Hall–Kier alpha value is -1.94. The van der Waals surface area contributed by atoms with E-state index in [0.29, 0.717) is 31.6 Å². The fourth-order valence-corrected chi connectivity index (χ4v) is 13.8. The predicted molar refractivity (Wildman–Crippen MR) is 404 cm³/mol. The molecular weight excluding hydrogens is 1290 g/mol. The molecule has 0 aromatic heterocycles. The maximum atomic E-state index is 13.1. The third-order valence-electron chi connectivity index (χ3n) is 18.6. The number of carbonyl (C=O) groups excluding carboxylic acids is 4. The van der Waals surface area contributed by atoms with Crippen molar-refractivity contribution in [3.63, 3.8) is 0 Å². The van der Waals surface area contributed by atoms with Gasteiger partial charge in [-0.05, 0) is 49.4 Å². The van der Waals surface area contributed by atoms with Crippen molar-refractivity contribution in [2.24, 2.45) is 23.7 Å². The molecule has 588 valence electrons. The van der Waals surface area contributed by atoms with Gasteiger partial charge in [-0.2, -0.15) is 0 Å². The van der Waals surface area contributed by atoms with Crippen molar-refractivity contribution in [2.45, 2.75) is 427 Å². The summed E-state index contributed by atoms with van der Waals surface area (Å²) in [5.41, 5.74) is 0. The van der Waals surface area contributed by atoms with Crippen molar-refractivity contribution < 1.29 is 80.2 Å². The van der Waals surface area contributed by atoms with Crippen LogP contribution < -0.4 is 0 Å². The first-order chi connectivity index (χ1) is 47.6. The van der Waals surface area contributed by atoms with Crippen LogP contribution in [0.15, 0.2) is 0 Å². The molecule has 0 amide bonds. The lowest BCUT2D eigenvalue weighted by Crippen LogP contribution is -2.30. The summed E-state index contributed by atoms with van der Waals surface area (Å²) in [7, 11) is -9.92. The second-order valence-electron chi connectivity index (χ2n) is 30.7. The maximum absolute atomic E-state index is 13.1. The minimum atomic E-state index is -4.96. The number of rotatable bonds is 77. The number of esters is 4. The molecule has 17 nitrogen and oxygen atoms in total. The summed E-state index contributed by atoms with van der Waals surface area (Å²) in [6, 6.07) is 0. The van der Waals surface area contributed by atoms with Gasteiger partial charge < -0.3 is 33.8 Å². The van der Waals surface area contributed by atoms with Gasteiger partial charge in [-0.1, -0.05) is 357 Å². The second kappa shape index (κ2) is 69.1. The third-order valence-corrected chi connectivity index (χ3v) is 20.5. The van der Waals surface area contributed by atoms with Gasteiger partial charge in [0.25, 0.3) is 0 Å². The van der Waals surface area contributed by atoms with E-state index in [-0.39, 0.29) is 25.7 Å². The fraction of sp³-hybridized carbons (Fsp3) is 0.950. The molecule has 0 aliphatic carbocycles. The Morgan fingerprint density at radius 1 is 0.253 bits per heavy atom. The first-order valence-corrected chi connectivity index (χ1v) is 44.2. The number of aliphatic hydroxyl groups excluding tert-OH is 1. The zero-order valence-corrected chi connectivity index (χ0v) is 66.9. The van der Waals surface area contributed by atoms with Gasteiger partial charge in [0.15, 0.2) is 12.2 Å². The highest BCUT2D eigenvalue weighted by atomic mass is 31.2. The molecule has 0 spiro atoms. The highest BCUT2D eigenvalue weighted by Crippen LogP contribution is 2.45. The summed E-state index contributed by atoms with van der Waals surface area (Å²) < 4.78 is 68.6. The van der Waals surface area contributed by atoms with E-state index in [2.05, 4.69) is 55.4 Å². The summed E-state index contributed by atoms with van der Waals surface area (Å²) in [4.78, 5) is 72.9. The van der Waals surface area contributed by atoms with Gasteiger partial charge >= 0.3 is 39.5 Å². The van der Waals surface area contributed by atoms with Crippen LogP contribution in [0, 0.1) is 23.7 Å². The summed E-state index contributed by atoms with van der Waals surface area (Å²) in [6.45, 7) is 14.2. The van der Waals surface area contributed by atoms with Gasteiger partial charge in [0.1, 0.15) is 19.3 Å². The normalized spacial score (nSPS) is 14.1. The SMILES string of the molecule is CC(C)CCCCCCCCCCCCCCCCCCC(=O)OC[C@H](COP(=O)(O)OC[C@@H](O)COP(=O)(O)OC[C@@H](COC(=O)CCCCCCCCC(C)C)OC(=O)CCCCCCCCCCCCCCCC(C)C)OC(=O)CCCCCCCCCCCCCCC(C)C. The van der Waals surface area contributed by atoms with Crippen LogP contribution in [-0.2, 0) is 65.4 Å². The Balaban J connectivity index is 5.22. The van der Waals surface area contributed by atoms with E-state index in [9.17, 15) is 43.2 Å². The quantitative estimate of drug-likeness (QED) is 0.0222. The number of phosphoric acid groups is 2. The number of phosphoric ester groups is 2. The van der Waals surface area contributed by atoms with Crippen LogP contribution in [0.5, 0.6) is 0 Å². The highest BCUT2D eigenvalue weighted by Gasteiger charge is 2.30. The van der Waals surface area contributed by atoms with Crippen LogP contribution in [0.4, 0.5) is 0 Å². The van der Waals surface area contributed by atoms with Crippen molar-refractivity contribution in [3.05, 3.63) is 0 Å². The molecule has 0 bridgehead atoms. The van der Waals surface area contributed by atoms with Crippen LogP contribution in [-0.4, -0.2) is 96.7 Å².